The second-order valence-electron chi connectivity index (χ2n) is 3.31. The molecule has 0 bridgehead atoms. The van der Waals surface area contributed by atoms with Gasteiger partial charge in [0.2, 0.25) is 0 Å². The van der Waals surface area contributed by atoms with E-state index in [9.17, 15) is 0 Å². The fraction of sp³-hybridized carbons (Fsp3) is 0.778. The second-order valence-corrected chi connectivity index (χ2v) is 3.31. The van der Waals surface area contributed by atoms with Crippen molar-refractivity contribution in [3.63, 3.8) is 0 Å². The summed E-state index contributed by atoms with van der Waals surface area (Å²) in [6.45, 7) is 8.37. The van der Waals surface area contributed by atoms with E-state index in [2.05, 4.69) is 18.4 Å². The summed E-state index contributed by atoms with van der Waals surface area (Å²) in [5.74, 6) is 0.498. The van der Waals surface area contributed by atoms with E-state index >= 15 is 0 Å². The molecule has 0 amide bonds. The van der Waals surface area contributed by atoms with Gasteiger partial charge in [-0.3, -0.25) is 4.90 Å². The molecule has 2 atom stereocenters. The van der Waals surface area contributed by atoms with E-state index in [1.165, 1.54) is 0 Å². The Morgan fingerprint density at radius 2 is 2.55 bits per heavy atom. The van der Waals surface area contributed by atoms with Crippen molar-refractivity contribution in [1.82, 2.24) is 4.90 Å². The summed E-state index contributed by atoms with van der Waals surface area (Å²) in [6.07, 6.45) is 3.09. The molecular formula is C9H17NO. The summed E-state index contributed by atoms with van der Waals surface area (Å²) in [5, 5.41) is 8.89. The Balaban J connectivity index is 2.34. The van der Waals surface area contributed by atoms with Crippen LogP contribution >= 0.6 is 0 Å². The van der Waals surface area contributed by atoms with E-state index in [1.54, 1.807) is 0 Å². The zero-order valence-electron chi connectivity index (χ0n) is 7.16. The minimum Gasteiger partial charge on any atom is -0.396 e. The predicted octanol–water partition coefficient (Wildman–Crippen LogP) is 0.875. The van der Waals surface area contributed by atoms with Crippen LogP contribution in [0.25, 0.3) is 0 Å². The molecule has 2 heteroatoms. The molecule has 1 aliphatic heterocycles. The highest BCUT2D eigenvalue weighted by molar-refractivity contribution is 4.88. The first-order chi connectivity index (χ1) is 5.27. The summed E-state index contributed by atoms with van der Waals surface area (Å²) >= 11 is 0. The molecule has 1 saturated heterocycles. The van der Waals surface area contributed by atoms with E-state index in [4.69, 9.17) is 5.11 Å². The predicted molar refractivity (Wildman–Crippen MR) is 46.4 cm³/mol. The van der Waals surface area contributed by atoms with Crippen molar-refractivity contribution in [1.29, 1.82) is 0 Å². The average Bonchev–Trinajstić information content (AvgIpc) is 2.50. The van der Waals surface area contributed by atoms with Crippen LogP contribution < -0.4 is 0 Å². The standard InChI is InChI=1S/C9H17NO/c1-3-8(2)10-5-4-9(6-10)7-11/h3,8-9,11H,1,4-7H2,2H3. The molecule has 0 aliphatic carbocycles. The van der Waals surface area contributed by atoms with Crippen molar-refractivity contribution in [3.05, 3.63) is 12.7 Å². The summed E-state index contributed by atoms with van der Waals surface area (Å²) in [4.78, 5) is 2.36. The maximum Gasteiger partial charge on any atom is 0.0471 e. The zero-order valence-corrected chi connectivity index (χ0v) is 7.16. The van der Waals surface area contributed by atoms with Gasteiger partial charge >= 0.3 is 0 Å². The number of aliphatic hydroxyl groups is 1. The topological polar surface area (TPSA) is 23.5 Å². The van der Waals surface area contributed by atoms with Crippen molar-refractivity contribution < 1.29 is 5.11 Å². The van der Waals surface area contributed by atoms with Gasteiger partial charge in [0, 0.05) is 19.2 Å². The van der Waals surface area contributed by atoms with Gasteiger partial charge in [0.05, 0.1) is 0 Å². The van der Waals surface area contributed by atoms with Crippen LogP contribution in [0.3, 0.4) is 0 Å². The molecule has 1 aliphatic rings. The van der Waals surface area contributed by atoms with Crippen LogP contribution in [0.2, 0.25) is 0 Å². The van der Waals surface area contributed by atoms with Crippen LogP contribution in [0.15, 0.2) is 12.7 Å². The third kappa shape index (κ3) is 2.04. The van der Waals surface area contributed by atoms with E-state index in [0.29, 0.717) is 18.6 Å². The van der Waals surface area contributed by atoms with Gasteiger partial charge in [0.15, 0.2) is 0 Å². The third-order valence-electron chi connectivity index (χ3n) is 2.49. The van der Waals surface area contributed by atoms with E-state index in [-0.39, 0.29) is 0 Å². The maximum absolute atomic E-state index is 8.89. The van der Waals surface area contributed by atoms with Gasteiger partial charge < -0.3 is 5.11 Å². The lowest BCUT2D eigenvalue weighted by Crippen LogP contribution is -2.29. The Hall–Kier alpha value is -0.340. The molecule has 64 valence electrons. The Kier molecular flexibility index (Phi) is 3.09. The minimum absolute atomic E-state index is 0.334. The second kappa shape index (κ2) is 3.88. The van der Waals surface area contributed by atoms with Crippen LogP contribution in [-0.2, 0) is 0 Å². The molecule has 0 spiro atoms. The van der Waals surface area contributed by atoms with Crippen molar-refractivity contribution in [2.45, 2.75) is 19.4 Å². The van der Waals surface area contributed by atoms with Gasteiger partial charge in [0.25, 0.3) is 0 Å². The van der Waals surface area contributed by atoms with Crippen molar-refractivity contribution in [3.8, 4) is 0 Å². The molecule has 2 unspecified atom stereocenters. The monoisotopic (exact) mass is 155 g/mol. The Labute approximate surface area is 68.5 Å². The molecular weight excluding hydrogens is 138 g/mol. The SMILES string of the molecule is C=CC(C)N1CCC(CO)C1. The number of nitrogens with zero attached hydrogens (tertiary/aromatic N) is 1. The van der Waals surface area contributed by atoms with Gasteiger partial charge in [-0.15, -0.1) is 6.58 Å². The van der Waals surface area contributed by atoms with Crippen molar-refractivity contribution in [2.75, 3.05) is 19.7 Å². The number of hydrogen-bond donors (Lipinski definition) is 1. The molecule has 1 fully saturated rings. The summed E-state index contributed by atoms with van der Waals surface area (Å²) in [6, 6.07) is 0.464. The largest absolute Gasteiger partial charge is 0.396 e. The Bertz CT molecular complexity index is 136. The third-order valence-corrected chi connectivity index (χ3v) is 2.49. The molecule has 1 rings (SSSR count). The molecule has 1 heterocycles. The first-order valence-electron chi connectivity index (χ1n) is 4.25. The number of rotatable bonds is 3. The van der Waals surface area contributed by atoms with E-state index < -0.39 is 0 Å². The molecule has 0 saturated carbocycles. The number of likely N-dealkylation sites (tertiary alicyclic amines) is 1. The van der Waals surface area contributed by atoms with Crippen molar-refractivity contribution >= 4 is 0 Å². The maximum atomic E-state index is 8.89. The van der Waals surface area contributed by atoms with Crippen molar-refractivity contribution in [2.24, 2.45) is 5.92 Å². The van der Waals surface area contributed by atoms with Gasteiger partial charge in [0.1, 0.15) is 0 Å². The lowest BCUT2D eigenvalue weighted by Gasteiger charge is -2.20. The van der Waals surface area contributed by atoms with E-state index in [1.807, 2.05) is 6.08 Å². The summed E-state index contributed by atoms with van der Waals surface area (Å²) in [7, 11) is 0. The zero-order chi connectivity index (χ0) is 8.27. The average molecular weight is 155 g/mol. The number of hydrogen-bond acceptors (Lipinski definition) is 2. The quantitative estimate of drug-likeness (QED) is 0.611. The van der Waals surface area contributed by atoms with Crippen LogP contribution in [0.5, 0.6) is 0 Å². The van der Waals surface area contributed by atoms with Gasteiger partial charge in [-0.05, 0) is 25.8 Å². The lowest BCUT2D eigenvalue weighted by molar-refractivity contribution is 0.215. The molecule has 0 radical (unpaired) electrons. The Morgan fingerprint density at radius 1 is 1.82 bits per heavy atom. The van der Waals surface area contributed by atoms with E-state index in [0.717, 1.165) is 19.5 Å². The highest BCUT2D eigenvalue weighted by Gasteiger charge is 2.23. The summed E-state index contributed by atoms with van der Waals surface area (Å²) in [5.41, 5.74) is 0. The fourth-order valence-corrected chi connectivity index (χ4v) is 1.53. The molecule has 11 heavy (non-hydrogen) atoms. The van der Waals surface area contributed by atoms with Crippen LogP contribution in [0.4, 0.5) is 0 Å². The summed E-state index contributed by atoms with van der Waals surface area (Å²) < 4.78 is 0. The van der Waals surface area contributed by atoms with Crippen LogP contribution in [0.1, 0.15) is 13.3 Å². The Morgan fingerprint density at radius 3 is 3.00 bits per heavy atom. The number of aliphatic hydroxyl groups excluding tert-OH is 1. The first kappa shape index (κ1) is 8.75. The fourth-order valence-electron chi connectivity index (χ4n) is 1.53. The minimum atomic E-state index is 0.334. The van der Waals surface area contributed by atoms with Gasteiger partial charge in [-0.1, -0.05) is 6.08 Å². The molecule has 1 N–H and O–H groups in total. The highest BCUT2D eigenvalue weighted by atomic mass is 16.3. The van der Waals surface area contributed by atoms with Gasteiger partial charge in [-0.2, -0.15) is 0 Å². The highest BCUT2D eigenvalue weighted by Crippen LogP contribution is 2.17. The van der Waals surface area contributed by atoms with Crippen LogP contribution in [0, 0.1) is 5.92 Å². The normalized spacial score (nSPS) is 28.7. The molecule has 0 aromatic carbocycles. The van der Waals surface area contributed by atoms with Crippen LogP contribution in [-0.4, -0.2) is 35.7 Å². The molecule has 2 nitrogen and oxygen atoms in total. The lowest BCUT2D eigenvalue weighted by atomic mass is 10.1. The first-order valence-corrected chi connectivity index (χ1v) is 4.25. The van der Waals surface area contributed by atoms with Gasteiger partial charge in [-0.25, -0.2) is 0 Å². The smallest absolute Gasteiger partial charge is 0.0471 e. The molecule has 0 aromatic rings. The molecule has 0 aromatic heterocycles.